The second kappa shape index (κ2) is 5.88. The minimum absolute atomic E-state index is 0.0160. The lowest BCUT2D eigenvalue weighted by molar-refractivity contribution is -0.141. The number of carbonyl (C=O) groups excluding carboxylic acids is 1. The van der Waals surface area contributed by atoms with Crippen LogP contribution in [0.3, 0.4) is 0 Å². The minimum Gasteiger partial charge on any atom is -0.481 e. The van der Waals surface area contributed by atoms with Gasteiger partial charge in [-0.2, -0.15) is 0 Å². The summed E-state index contributed by atoms with van der Waals surface area (Å²) >= 11 is 0. The van der Waals surface area contributed by atoms with E-state index in [2.05, 4.69) is 11.4 Å². The van der Waals surface area contributed by atoms with E-state index in [9.17, 15) is 9.59 Å². The van der Waals surface area contributed by atoms with Crippen LogP contribution in [0.15, 0.2) is 18.2 Å². The maximum Gasteiger partial charge on any atom is 0.306 e. The van der Waals surface area contributed by atoms with E-state index in [1.165, 1.54) is 24.0 Å². The summed E-state index contributed by atoms with van der Waals surface area (Å²) in [6.07, 6.45) is 6.25. The third kappa shape index (κ3) is 2.94. The lowest BCUT2D eigenvalue weighted by Crippen LogP contribution is -2.23. The van der Waals surface area contributed by atoms with Gasteiger partial charge in [0.25, 0.3) is 0 Å². The number of fused-ring (bicyclic) bond motifs is 1. The van der Waals surface area contributed by atoms with E-state index in [4.69, 9.17) is 5.11 Å². The predicted molar refractivity (Wildman–Crippen MR) is 80.2 cm³/mol. The molecule has 0 bridgehead atoms. The summed E-state index contributed by atoms with van der Waals surface area (Å²) in [5.41, 5.74) is 3.54. The van der Waals surface area contributed by atoms with Gasteiger partial charge in [0.1, 0.15) is 0 Å². The van der Waals surface area contributed by atoms with Crippen molar-refractivity contribution in [2.24, 2.45) is 11.8 Å². The van der Waals surface area contributed by atoms with E-state index in [1.54, 1.807) is 0 Å². The van der Waals surface area contributed by atoms with Crippen LogP contribution in [0.25, 0.3) is 0 Å². The van der Waals surface area contributed by atoms with Crippen LogP contribution < -0.4 is 5.32 Å². The number of aryl methyl sites for hydroxylation is 1. The zero-order valence-electron chi connectivity index (χ0n) is 12.1. The smallest absolute Gasteiger partial charge is 0.306 e. The quantitative estimate of drug-likeness (QED) is 0.898. The van der Waals surface area contributed by atoms with Crippen molar-refractivity contribution in [3.05, 3.63) is 29.3 Å². The molecule has 0 heterocycles. The van der Waals surface area contributed by atoms with Gasteiger partial charge in [0.15, 0.2) is 0 Å². The lowest BCUT2D eigenvalue weighted by Gasteiger charge is -2.20. The fourth-order valence-corrected chi connectivity index (χ4v) is 3.58. The summed E-state index contributed by atoms with van der Waals surface area (Å²) < 4.78 is 0. The van der Waals surface area contributed by atoms with Crippen molar-refractivity contribution in [3.8, 4) is 0 Å². The molecular weight excluding hydrogens is 266 g/mol. The number of hydrogen-bond acceptors (Lipinski definition) is 2. The third-order valence-corrected chi connectivity index (χ3v) is 4.81. The van der Waals surface area contributed by atoms with Crippen LogP contribution in [0.2, 0.25) is 0 Å². The van der Waals surface area contributed by atoms with Crippen molar-refractivity contribution in [2.45, 2.75) is 44.9 Å². The van der Waals surface area contributed by atoms with Crippen molar-refractivity contribution in [2.75, 3.05) is 5.32 Å². The molecule has 21 heavy (non-hydrogen) atoms. The molecule has 3 rings (SSSR count). The first-order chi connectivity index (χ1) is 10.1. The Bertz CT molecular complexity index is 567. The van der Waals surface area contributed by atoms with Crippen molar-refractivity contribution in [1.82, 2.24) is 0 Å². The number of hydrogen-bond donors (Lipinski definition) is 2. The Hall–Kier alpha value is -1.84. The van der Waals surface area contributed by atoms with Gasteiger partial charge in [-0.3, -0.25) is 9.59 Å². The van der Waals surface area contributed by atoms with Crippen molar-refractivity contribution in [1.29, 1.82) is 0 Å². The molecule has 1 aromatic rings. The van der Waals surface area contributed by atoms with E-state index in [0.29, 0.717) is 19.3 Å². The molecule has 1 saturated carbocycles. The fourth-order valence-electron chi connectivity index (χ4n) is 3.58. The normalized spacial score (nSPS) is 24.4. The molecule has 0 radical (unpaired) electrons. The number of benzene rings is 1. The largest absolute Gasteiger partial charge is 0.481 e. The first-order valence-electron chi connectivity index (χ1n) is 7.79. The van der Waals surface area contributed by atoms with Crippen molar-refractivity contribution in [3.63, 3.8) is 0 Å². The van der Waals surface area contributed by atoms with E-state index >= 15 is 0 Å². The van der Waals surface area contributed by atoms with E-state index < -0.39 is 5.97 Å². The van der Waals surface area contributed by atoms with Crippen molar-refractivity contribution >= 4 is 17.6 Å². The second-order valence-corrected chi connectivity index (χ2v) is 6.18. The Labute approximate surface area is 124 Å². The summed E-state index contributed by atoms with van der Waals surface area (Å²) in [5, 5.41) is 12.1. The number of anilines is 1. The number of rotatable bonds is 3. The topological polar surface area (TPSA) is 66.4 Å². The third-order valence-electron chi connectivity index (χ3n) is 4.81. The van der Waals surface area contributed by atoms with Gasteiger partial charge in [-0.25, -0.2) is 0 Å². The van der Waals surface area contributed by atoms with Gasteiger partial charge >= 0.3 is 5.97 Å². The minimum atomic E-state index is -0.776. The van der Waals surface area contributed by atoms with Gasteiger partial charge in [-0.1, -0.05) is 12.1 Å². The van der Waals surface area contributed by atoms with Crippen LogP contribution >= 0.6 is 0 Å². The standard InChI is InChI=1S/C17H21NO3/c19-16(12-8-9-13(10-12)17(20)21)18-15-7-3-5-11-4-1-2-6-14(11)15/h3,5,7,12-13H,1-2,4,6,8-10H2,(H,18,19)(H,20,21)/t12-,13+/m0/s1. The molecule has 0 spiro atoms. The Morgan fingerprint density at radius 1 is 1.10 bits per heavy atom. The molecule has 0 aliphatic heterocycles. The van der Waals surface area contributed by atoms with Crippen LogP contribution in [0.5, 0.6) is 0 Å². The average Bonchev–Trinajstić information content (AvgIpc) is 2.98. The van der Waals surface area contributed by atoms with Gasteiger partial charge in [0.05, 0.1) is 5.92 Å². The molecule has 2 aliphatic rings. The fraction of sp³-hybridized carbons (Fsp3) is 0.529. The lowest BCUT2D eigenvalue weighted by atomic mass is 9.90. The molecule has 4 nitrogen and oxygen atoms in total. The van der Waals surface area contributed by atoms with E-state index in [-0.39, 0.29) is 17.7 Å². The van der Waals surface area contributed by atoms with Crippen LogP contribution in [0, 0.1) is 11.8 Å². The highest BCUT2D eigenvalue weighted by Gasteiger charge is 2.34. The Morgan fingerprint density at radius 2 is 1.86 bits per heavy atom. The molecule has 2 N–H and O–H groups in total. The van der Waals surface area contributed by atoms with Gasteiger partial charge in [-0.15, -0.1) is 0 Å². The molecule has 1 aromatic carbocycles. The molecule has 0 saturated heterocycles. The monoisotopic (exact) mass is 287 g/mol. The molecule has 2 atom stereocenters. The van der Waals surface area contributed by atoms with E-state index in [1.807, 2.05) is 12.1 Å². The van der Waals surface area contributed by atoms with Gasteiger partial charge in [0.2, 0.25) is 5.91 Å². The molecule has 4 heteroatoms. The van der Waals surface area contributed by atoms with Crippen LogP contribution in [-0.4, -0.2) is 17.0 Å². The number of amides is 1. The molecule has 1 amide bonds. The van der Waals surface area contributed by atoms with E-state index in [0.717, 1.165) is 18.5 Å². The maximum atomic E-state index is 12.4. The van der Waals surface area contributed by atoms with Crippen molar-refractivity contribution < 1.29 is 14.7 Å². The first-order valence-corrected chi connectivity index (χ1v) is 7.79. The summed E-state index contributed by atoms with van der Waals surface area (Å²) in [7, 11) is 0. The highest BCUT2D eigenvalue weighted by molar-refractivity contribution is 5.94. The van der Waals surface area contributed by atoms with Crippen LogP contribution in [0.1, 0.15) is 43.2 Å². The highest BCUT2D eigenvalue weighted by atomic mass is 16.4. The predicted octanol–water partition coefficient (Wildman–Crippen LogP) is 3.00. The summed E-state index contributed by atoms with van der Waals surface area (Å²) in [6, 6.07) is 6.10. The highest BCUT2D eigenvalue weighted by Crippen LogP contribution is 2.33. The average molecular weight is 287 g/mol. The molecule has 0 aromatic heterocycles. The Kier molecular flexibility index (Phi) is 3.95. The number of carboxylic acid groups (broad SMARTS) is 1. The molecular formula is C17H21NO3. The Morgan fingerprint density at radius 3 is 2.62 bits per heavy atom. The molecule has 112 valence electrons. The maximum absolute atomic E-state index is 12.4. The SMILES string of the molecule is O=C(O)[C@@H]1CC[C@H](C(=O)Nc2cccc3c2CCCC3)C1. The van der Waals surface area contributed by atoms with Crippen LogP contribution in [-0.2, 0) is 22.4 Å². The Balaban J connectivity index is 1.70. The summed E-state index contributed by atoms with van der Waals surface area (Å²) in [5.74, 6) is -1.31. The second-order valence-electron chi connectivity index (χ2n) is 6.18. The van der Waals surface area contributed by atoms with Crippen LogP contribution in [0.4, 0.5) is 5.69 Å². The summed E-state index contributed by atoms with van der Waals surface area (Å²) in [4.78, 5) is 23.4. The number of carbonyl (C=O) groups is 2. The molecule has 1 fully saturated rings. The number of aliphatic carboxylic acids is 1. The first kappa shape index (κ1) is 14.1. The number of carboxylic acids is 1. The molecule has 2 aliphatic carbocycles. The van der Waals surface area contributed by atoms with Gasteiger partial charge < -0.3 is 10.4 Å². The zero-order valence-corrected chi connectivity index (χ0v) is 12.1. The van der Waals surface area contributed by atoms with Gasteiger partial charge in [-0.05, 0) is 62.1 Å². The van der Waals surface area contributed by atoms with Gasteiger partial charge in [0, 0.05) is 11.6 Å². The number of nitrogens with one attached hydrogen (secondary N) is 1. The summed E-state index contributed by atoms with van der Waals surface area (Å²) in [6.45, 7) is 0. The molecule has 0 unspecified atom stereocenters. The zero-order chi connectivity index (χ0) is 14.8.